The first-order valence-corrected chi connectivity index (χ1v) is 5.32. The van der Waals surface area contributed by atoms with Crippen molar-refractivity contribution in [3.05, 3.63) is 12.4 Å². The normalized spacial score (nSPS) is 10.6. The number of aromatic nitrogens is 2. The van der Waals surface area contributed by atoms with E-state index in [0.717, 1.165) is 0 Å². The quantitative estimate of drug-likeness (QED) is 0.275. The Hall–Kier alpha value is -2.56. The number of hydrogen-bond acceptors (Lipinski definition) is 6. The van der Waals surface area contributed by atoms with E-state index >= 15 is 0 Å². The van der Waals surface area contributed by atoms with Gasteiger partial charge in [0, 0.05) is 39.6 Å². The van der Waals surface area contributed by atoms with Crippen LogP contribution in [0, 0.1) is 11.5 Å². The van der Waals surface area contributed by atoms with Crippen molar-refractivity contribution in [3.8, 4) is 6.19 Å². The molecule has 4 N–H and O–H groups in total. The lowest BCUT2D eigenvalue weighted by Gasteiger charge is -2.19. The zero-order valence-electron chi connectivity index (χ0n) is 10.4. The first-order chi connectivity index (χ1) is 8.69. The SMILES string of the molecule is CN=C(NC#N)NCCN(C)c1nccnc1N. The van der Waals surface area contributed by atoms with Gasteiger partial charge in [-0.05, 0) is 0 Å². The fraction of sp³-hybridized carbons (Fsp3) is 0.400. The van der Waals surface area contributed by atoms with Crippen molar-refractivity contribution in [2.45, 2.75) is 0 Å². The number of hydrogen-bond donors (Lipinski definition) is 3. The van der Waals surface area contributed by atoms with E-state index in [4.69, 9.17) is 11.0 Å². The Morgan fingerprint density at radius 3 is 2.89 bits per heavy atom. The van der Waals surface area contributed by atoms with Crippen LogP contribution < -0.4 is 21.3 Å². The maximum absolute atomic E-state index is 8.46. The van der Waals surface area contributed by atoms with E-state index in [1.54, 1.807) is 25.6 Å². The summed E-state index contributed by atoms with van der Waals surface area (Å²) in [6.07, 6.45) is 4.93. The number of anilines is 2. The molecule has 1 rings (SSSR count). The van der Waals surface area contributed by atoms with Crippen LogP contribution in [0.3, 0.4) is 0 Å². The van der Waals surface area contributed by atoms with Gasteiger partial charge in [0.15, 0.2) is 17.8 Å². The first-order valence-electron chi connectivity index (χ1n) is 5.32. The van der Waals surface area contributed by atoms with E-state index < -0.39 is 0 Å². The van der Waals surface area contributed by atoms with Gasteiger partial charge in [-0.1, -0.05) is 0 Å². The second kappa shape index (κ2) is 6.90. The summed E-state index contributed by atoms with van der Waals surface area (Å²) in [5, 5.41) is 13.9. The van der Waals surface area contributed by atoms with Crippen LogP contribution in [0.5, 0.6) is 0 Å². The topological polar surface area (TPSA) is 115 Å². The molecule has 0 unspecified atom stereocenters. The molecule has 0 atom stereocenters. The van der Waals surface area contributed by atoms with E-state index in [1.807, 2.05) is 11.9 Å². The highest BCUT2D eigenvalue weighted by Gasteiger charge is 2.06. The van der Waals surface area contributed by atoms with Gasteiger partial charge >= 0.3 is 0 Å². The van der Waals surface area contributed by atoms with E-state index in [2.05, 4.69) is 25.6 Å². The maximum Gasteiger partial charge on any atom is 0.204 e. The number of nitrogens with one attached hydrogen (secondary N) is 2. The number of nitrogens with zero attached hydrogens (tertiary/aromatic N) is 5. The highest BCUT2D eigenvalue weighted by Crippen LogP contribution is 2.13. The highest BCUT2D eigenvalue weighted by molar-refractivity contribution is 5.81. The van der Waals surface area contributed by atoms with E-state index in [1.165, 1.54) is 0 Å². The Morgan fingerprint density at radius 2 is 2.28 bits per heavy atom. The number of nitriles is 1. The molecule has 96 valence electrons. The van der Waals surface area contributed by atoms with Gasteiger partial charge in [-0.2, -0.15) is 5.26 Å². The highest BCUT2D eigenvalue weighted by atomic mass is 15.2. The van der Waals surface area contributed by atoms with Crippen LogP contribution in [-0.4, -0.2) is 43.1 Å². The van der Waals surface area contributed by atoms with Gasteiger partial charge in [0.05, 0.1) is 0 Å². The number of rotatable bonds is 4. The van der Waals surface area contributed by atoms with Gasteiger partial charge in [0.25, 0.3) is 0 Å². The van der Waals surface area contributed by atoms with Crippen LogP contribution >= 0.6 is 0 Å². The Balaban J connectivity index is 2.45. The van der Waals surface area contributed by atoms with Crippen molar-refractivity contribution in [1.29, 1.82) is 5.26 Å². The lowest BCUT2D eigenvalue weighted by Crippen LogP contribution is -2.39. The van der Waals surface area contributed by atoms with E-state index in [9.17, 15) is 0 Å². The largest absolute Gasteiger partial charge is 0.381 e. The lowest BCUT2D eigenvalue weighted by molar-refractivity contribution is 0.798. The maximum atomic E-state index is 8.46. The molecule has 0 aliphatic carbocycles. The van der Waals surface area contributed by atoms with Crippen molar-refractivity contribution in [3.63, 3.8) is 0 Å². The van der Waals surface area contributed by atoms with Crippen LogP contribution in [-0.2, 0) is 0 Å². The minimum atomic E-state index is 0.388. The van der Waals surface area contributed by atoms with Crippen molar-refractivity contribution in [1.82, 2.24) is 20.6 Å². The molecule has 0 fully saturated rings. The zero-order valence-corrected chi connectivity index (χ0v) is 10.4. The Morgan fingerprint density at radius 1 is 1.56 bits per heavy atom. The first kappa shape index (κ1) is 13.5. The third-order valence-corrected chi connectivity index (χ3v) is 2.21. The fourth-order valence-corrected chi connectivity index (χ4v) is 1.32. The van der Waals surface area contributed by atoms with Gasteiger partial charge in [-0.15, -0.1) is 0 Å². The summed E-state index contributed by atoms with van der Waals surface area (Å²) >= 11 is 0. The van der Waals surface area contributed by atoms with Crippen molar-refractivity contribution >= 4 is 17.6 Å². The summed E-state index contributed by atoms with van der Waals surface area (Å²) in [7, 11) is 3.46. The van der Waals surface area contributed by atoms with Crippen LogP contribution in [0.4, 0.5) is 11.6 Å². The number of nitrogen functional groups attached to an aromatic ring is 1. The Labute approximate surface area is 106 Å². The minimum absolute atomic E-state index is 0.388. The number of likely N-dealkylation sites (N-methyl/N-ethyl adjacent to an activating group) is 1. The van der Waals surface area contributed by atoms with Gasteiger partial charge < -0.3 is 16.0 Å². The second-order valence-electron chi connectivity index (χ2n) is 3.42. The molecular formula is C10H16N8. The summed E-state index contributed by atoms with van der Waals surface area (Å²) < 4.78 is 0. The second-order valence-corrected chi connectivity index (χ2v) is 3.42. The molecule has 1 aromatic heterocycles. The molecule has 0 bridgehead atoms. The van der Waals surface area contributed by atoms with Crippen LogP contribution in [0.25, 0.3) is 0 Å². The lowest BCUT2D eigenvalue weighted by atomic mass is 10.5. The van der Waals surface area contributed by atoms with Gasteiger partial charge in [-0.25, -0.2) is 9.97 Å². The minimum Gasteiger partial charge on any atom is -0.381 e. The molecule has 0 spiro atoms. The molecule has 1 aromatic rings. The van der Waals surface area contributed by atoms with E-state index in [0.29, 0.717) is 30.7 Å². The molecular weight excluding hydrogens is 232 g/mol. The molecule has 0 saturated carbocycles. The molecule has 0 aromatic carbocycles. The molecule has 1 heterocycles. The average molecular weight is 248 g/mol. The Kier molecular flexibility index (Phi) is 5.18. The molecule has 0 radical (unpaired) electrons. The summed E-state index contributed by atoms with van der Waals surface area (Å²) in [5.41, 5.74) is 5.71. The summed E-state index contributed by atoms with van der Waals surface area (Å²) in [5.74, 6) is 1.44. The predicted molar refractivity (Wildman–Crippen MR) is 69.8 cm³/mol. The number of aliphatic imine (C=N–C) groups is 1. The van der Waals surface area contributed by atoms with Crippen molar-refractivity contribution in [2.75, 3.05) is 37.8 Å². The van der Waals surface area contributed by atoms with Crippen LogP contribution in [0.15, 0.2) is 17.4 Å². The molecule has 8 nitrogen and oxygen atoms in total. The zero-order chi connectivity index (χ0) is 13.4. The molecule has 0 aliphatic rings. The summed E-state index contributed by atoms with van der Waals surface area (Å²) in [6.45, 7) is 1.24. The number of guanidine groups is 1. The van der Waals surface area contributed by atoms with Crippen molar-refractivity contribution < 1.29 is 0 Å². The number of nitrogens with two attached hydrogens (primary N) is 1. The standard InChI is InChI=1S/C10H16N8/c1-13-10(17-7-11)16-5-6-18(2)9-8(12)14-3-4-15-9/h3-4H,5-6H2,1-2H3,(H2,12,14)(H2,13,16,17). The monoisotopic (exact) mass is 248 g/mol. The molecule has 0 aliphatic heterocycles. The molecule has 8 heteroatoms. The average Bonchev–Trinajstić information content (AvgIpc) is 2.38. The third-order valence-electron chi connectivity index (χ3n) is 2.21. The van der Waals surface area contributed by atoms with Crippen LogP contribution in [0.2, 0.25) is 0 Å². The van der Waals surface area contributed by atoms with Crippen LogP contribution in [0.1, 0.15) is 0 Å². The predicted octanol–water partition coefficient (Wildman–Crippen LogP) is -0.859. The molecule has 0 amide bonds. The third kappa shape index (κ3) is 3.79. The molecule has 0 saturated heterocycles. The smallest absolute Gasteiger partial charge is 0.204 e. The fourth-order valence-electron chi connectivity index (χ4n) is 1.32. The summed E-state index contributed by atoms with van der Waals surface area (Å²) in [4.78, 5) is 13.8. The van der Waals surface area contributed by atoms with E-state index in [-0.39, 0.29) is 0 Å². The Bertz CT molecular complexity index is 449. The summed E-state index contributed by atoms with van der Waals surface area (Å²) in [6, 6.07) is 0. The van der Waals surface area contributed by atoms with Crippen molar-refractivity contribution in [2.24, 2.45) is 4.99 Å². The van der Waals surface area contributed by atoms with Gasteiger partial charge in [0.1, 0.15) is 0 Å². The van der Waals surface area contributed by atoms with Gasteiger partial charge in [-0.3, -0.25) is 10.3 Å². The molecule has 18 heavy (non-hydrogen) atoms. The van der Waals surface area contributed by atoms with Gasteiger partial charge in [0.2, 0.25) is 5.96 Å².